The summed E-state index contributed by atoms with van der Waals surface area (Å²) in [6.45, 7) is 5.94. The van der Waals surface area contributed by atoms with Crippen LogP contribution in [0.5, 0.6) is 0 Å². The Hall–Kier alpha value is -1.39. The quantitative estimate of drug-likeness (QED) is 0.516. The van der Waals surface area contributed by atoms with E-state index in [-0.39, 0.29) is 24.9 Å². The summed E-state index contributed by atoms with van der Waals surface area (Å²) in [4.78, 5) is 36.5. The molecule has 1 atom stereocenters. The van der Waals surface area contributed by atoms with E-state index < -0.39 is 17.8 Å². The van der Waals surface area contributed by atoms with Crippen molar-refractivity contribution in [2.24, 2.45) is 5.92 Å². The van der Waals surface area contributed by atoms with Crippen LogP contribution in [-0.2, 0) is 19.1 Å². The van der Waals surface area contributed by atoms with E-state index in [0.717, 1.165) is 0 Å². The Balaban J connectivity index is 2.84. The van der Waals surface area contributed by atoms with Gasteiger partial charge in [-0.05, 0) is 20.8 Å². The Morgan fingerprint density at radius 2 is 2.12 bits per heavy atom. The van der Waals surface area contributed by atoms with Gasteiger partial charge in [0.2, 0.25) is 5.91 Å². The van der Waals surface area contributed by atoms with Crippen LogP contribution < -0.4 is 0 Å². The Kier molecular flexibility index (Phi) is 4.04. The van der Waals surface area contributed by atoms with Gasteiger partial charge >= 0.3 is 5.97 Å². The predicted molar refractivity (Wildman–Crippen MR) is 56.6 cm³/mol. The van der Waals surface area contributed by atoms with Crippen molar-refractivity contribution in [3.63, 3.8) is 0 Å². The van der Waals surface area contributed by atoms with E-state index in [4.69, 9.17) is 4.74 Å². The molecule has 0 aromatic carbocycles. The summed E-state index contributed by atoms with van der Waals surface area (Å²) in [6.07, 6.45) is 0.230. The van der Waals surface area contributed by atoms with Gasteiger partial charge in [0.15, 0.2) is 11.7 Å². The Bertz CT molecular complexity index is 311. The van der Waals surface area contributed by atoms with E-state index in [2.05, 4.69) is 0 Å². The summed E-state index contributed by atoms with van der Waals surface area (Å²) < 4.78 is 4.74. The minimum atomic E-state index is -1.24. The lowest BCUT2D eigenvalue weighted by molar-refractivity contribution is -0.162. The second-order valence-electron chi connectivity index (χ2n) is 4.03. The summed E-state index contributed by atoms with van der Waals surface area (Å²) in [6, 6.07) is -0.00229. The van der Waals surface area contributed by atoms with Crippen LogP contribution in [0.25, 0.3) is 0 Å². The molecule has 0 radical (unpaired) electrons. The number of piperidine rings is 1. The zero-order chi connectivity index (χ0) is 12.3. The highest BCUT2D eigenvalue weighted by atomic mass is 16.5. The number of hydrogen-bond donors (Lipinski definition) is 0. The van der Waals surface area contributed by atoms with Gasteiger partial charge in [-0.2, -0.15) is 0 Å². The minimum absolute atomic E-state index is 0.00229. The third-order valence-electron chi connectivity index (χ3n) is 2.60. The fraction of sp³-hybridized carbons (Fsp3) is 0.727. The number of hydrogen-bond acceptors (Lipinski definition) is 4. The molecule has 16 heavy (non-hydrogen) atoms. The van der Waals surface area contributed by atoms with Crippen LogP contribution in [0.4, 0.5) is 0 Å². The van der Waals surface area contributed by atoms with Gasteiger partial charge in [-0.3, -0.25) is 14.4 Å². The molecule has 0 N–H and O–H groups in total. The molecule has 1 rings (SSSR count). The van der Waals surface area contributed by atoms with E-state index in [1.807, 2.05) is 13.8 Å². The largest absolute Gasteiger partial charge is 0.465 e. The van der Waals surface area contributed by atoms with Crippen molar-refractivity contribution >= 4 is 17.7 Å². The number of ketones is 1. The molecule has 0 bridgehead atoms. The smallest absolute Gasteiger partial charge is 0.326 e. The first-order valence-corrected chi connectivity index (χ1v) is 5.48. The fourth-order valence-electron chi connectivity index (χ4n) is 1.76. The number of likely N-dealkylation sites (tertiary alicyclic amines) is 1. The highest BCUT2D eigenvalue weighted by Gasteiger charge is 2.42. The number of amides is 1. The lowest BCUT2D eigenvalue weighted by Crippen LogP contribution is -2.52. The number of esters is 1. The second kappa shape index (κ2) is 5.09. The van der Waals surface area contributed by atoms with Crippen molar-refractivity contribution < 1.29 is 19.1 Å². The van der Waals surface area contributed by atoms with Gasteiger partial charge in [0, 0.05) is 19.0 Å². The van der Waals surface area contributed by atoms with Crippen LogP contribution in [0.2, 0.25) is 0 Å². The van der Waals surface area contributed by atoms with Crippen LogP contribution in [0, 0.1) is 5.92 Å². The number of nitrogens with zero attached hydrogens (tertiary/aromatic N) is 1. The average Bonchev–Trinajstić information content (AvgIpc) is 2.17. The van der Waals surface area contributed by atoms with Gasteiger partial charge in [-0.15, -0.1) is 0 Å². The monoisotopic (exact) mass is 227 g/mol. The number of carbonyl (C=O) groups is 3. The van der Waals surface area contributed by atoms with E-state index in [0.29, 0.717) is 6.54 Å². The lowest BCUT2D eigenvalue weighted by atomic mass is 9.94. The number of carbonyl (C=O) groups excluding carboxylic acids is 3. The zero-order valence-electron chi connectivity index (χ0n) is 9.86. The van der Waals surface area contributed by atoms with Crippen LogP contribution in [-0.4, -0.2) is 41.8 Å². The van der Waals surface area contributed by atoms with Crippen LogP contribution >= 0.6 is 0 Å². The molecular formula is C11H17NO4. The molecule has 1 amide bonds. The van der Waals surface area contributed by atoms with Crippen molar-refractivity contribution in [1.29, 1.82) is 0 Å². The Labute approximate surface area is 94.7 Å². The molecule has 1 fully saturated rings. The van der Waals surface area contributed by atoms with Gasteiger partial charge in [0.1, 0.15) is 0 Å². The molecule has 0 aromatic rings. The summed E-state index contributed by atoms with van der Waals surface area (Å²) in [5, 5.41) is 0. The number of ether oxygens (including phenoxy) is 1. The normalized spacial score (nSPS) is 21.5. The van der Waals surface area contributed by atoms with Crippen molar-refractivity contribution in [1.82, 2.24) is 4.90 Å². The summed E-state index contributed by atoms with van der Waals surface area (Å²) in [7, 11) is 0. The van der Waals surface area contributed by atoms with Crippen LogP contribution in [0.15, 0.2) is 0 Å². The standard InChI is InChI=1S/C11H17NO4/c1-4-16-11(15)9-8(13)5-6-12(7(2)3)10(9)14/h7,9H,4-6H2,1-3H3/t9-/m1/s1. The van der Waals surface area contributed by atoms with Crippen molar-refractivity contribution in [2.45, 2.75) is 33.2 Å². The fourth-order valence-corrected chi connectivity index (χ4v) is 1.76. The first-order chi connectivity index (χ1) is 7.49. The molecule has 1 aliphatic heterocycles. The third kappa shape index (κ3) is 2.40. The summed E-state index contributed by atoms with van der Waals surface area (Å²) in [5.74, 6) is -2.72. The van der Waals surface area contributed by atoms with Crippen molar-refractivity contribution in [3.8, 4) is 0 Å². The number of Topliss-reactive ketones (excluding diaryl/α,β-unsaturated/α-hetero) is 1. The third-order valence-corrected chi connectivity index (χ3v) is 2.60. The average molecular weight is 227 g/mol. The maximum absolute atomic E-state index is 11.9. The second-order valence-corrected chi connectivity index (χ2v) is 4.03. The maximum Gasteiger partial charge on any atom is 0.326 e. The molecule has 0 saturated carbocycles. The molecule has 5 heteroatoms. The molecule has 0 spiro atoms. The Morgan fingerprint density at radius 1 is 1.50 bits per heavy atom. The minimum Gasteiger partial charge on any atom is -0.465 e. The van der Waals surface area contributed by atoms with E-state index in [1.54, 1.807) is 11.8 Å². The maximum atomic E-state index is 11.9. The first kappa shape index (κ1) is 12.7. The highest BCUT2D eigenvalue weighted by Crippen LogP contribution is 2.18. The van der Waals surface area contributed by atoms with Crippen LogP contribution in [0.1, 0.15) is 27.2 Å². The van der Waals surface area contributed by atoms with E-state index in [1.165, 1.54) is 0 Å². The van der Waals surface area contributed by atoms with Crippen molar-refractivity contribution in [3.05, 3.63) is 0 Å². The number of rotatable bonds is 3. The Morgan fingerprint density at radius 3 is 2.62 bits per heavy atom. The molecule has 1 aliphatic rings. The van der Waals surface area contributed by atoms with Gasteiger partial charge in [0.25, 0.3) is 0 Å². The first-order valence-electron chi connectivity index (χ1n) is 5.48. The SMILES string of the molecule is CCOC(=O)[C@@H]1C(=O)CCN(C(C)C)C1=O. The molecule has 0 unspecified atom stereocenters. The topological polar surface area (TPSA) is 63.7 Å². The zero-order valence-corrected chi connectivity index (χ0v) is 9.86. The predicted octanol–water partition coefficient (Wildman–Crippen LogP) is 0.375. The summed E-state index contributed by atoms with van der Waals surface area (Å²) >= 11 is 0. The van der Waals surface area contributed by atoms with E-state index in [9.17, 15) is 14.4 Å². The highest BCUT2D eigenvalue weighted by molar-refractivity contribution is 6.17. The van der Waals surface area contributed by atoms with Gasteiger partial charge in [-0.1, -0.05) is 0 Å². The van der Waals surface area contributed by atoms with Crippen LogP contribution in [0.3, 0.4) is 0 Å². The molecule has 90 valence electrons. The summed E-state index contributed by atoms with van der Waals surface area (Å²) in [5.41, 5.74) is 0. The molecule has 5 nitrogen and oxygen atoms in total. The molecule has 1 saturated heterocycles. The lowest BCUT2D eigenvalue weighted by Gasteiger charge is -2.33. The van der Waals surface area contributed by atoms with Crippen molar-refractivity contribution in [2.75, 3.05) is 13.2 Å². The molecular weight excluding hydrogens is 210 g/mol. The van der Waals surface area contributed by atoms with Gasteiger partial charge in [0.05, 0.1) is 6.61 Å². The van der Waals surface area contributed by atoms with E-state index >= 15 is 0 Å². The van der Waals surface area contributed by atoms with Gasteiger partial charge in [-0.25, -0.2) is 0 Å². The molecule has 1 heterocycles. The molecule has 0 aliphatic carbocycles. The molecule has 0 aromatic heterocycles. The van der Waals surface area contributed by atoms with Gasteiger partial charge < -0.3 is 9.64 Å².